The number of nitrogens with one attached hydrogen (secondary N) is 1. The smallest absolute Gasteiger partial charge is 0.337 e. The van der Waals surface area contributed by atoms with E-state index in [2.05, 4.69) is 24.9 Å². The number of hydrogen-bond acceptors (Lipinski definition) is 4. The Morgan fingerprint density at radius 1 is 1.12 bits per heavy atom. The van der Waals surface area contributed by atoms with Crippen molar-refractivity contribution < 1.29 is 19.1 Å². The van der Waals surface area contributed by atoms with Crippen molar-refractivity contribution >= 4 is 28.7 Å². The maximum Gasteiger partial charge on any atom is 0.337 e. The van der Waals surface area contributed by atoms with E-state index in [9.17, 15) is 14.4 Å². The Hall–Kier alpha value is -3.61. The van der Waals surface area contributed by atoms with Gasteiger partial charge in [0.2, 0.25) is 11.8 Å². The third-order valence-electron chi connectivity index (χ3n) is 6.58. The number of para-hydroxylation sites is 1. The number of esters is 1. The van der Waals surface area contributed by atoms with Crippen LogP contribution in [0.2, 0.25) is 0 Å². The Labute approximate surface area is 192 Å². The van der Waals surface area contributed by atoms with Crippen molar-refractivity contribution in [1.29, 1.82) is 0 Å². The molecule has 0 radical (unpaired) electrons. The summed E-state index contributed by atoms with van der Waals surface area (Å²) in [5.41, 5.74) is 4.27. The zero-order chi connectivity index (χ0) is 23.3. The van der Waals surface area contributed by atoms with Gasteiger partial charge in [0.05, 0.1) is 25.3 Å². The highest BCUT2D eigenvalue weighted by atomic mass is 16.5. The molecule has 2 amide bonds. The highest BCUT2D eigenvalue weighted by Crippen LogP contribution is 2.42. The second-order valence-electron chi connectivity index (χ2n) is 9.21. The molecule has 1 saturated heterocycles. The average molecular weight is 446 g/mol. The van der Waals surface area contributed by atoms with E-state index in [1.165, 1.54) is 7.11 Å². The Balaban J connectivity index is 1.64. The molecule has 2 aliphatic heterocycles. The number of carbonyl (C=O) groups is 3. The summed E-state index contributed by atoms with van der Waals surface area (Å²) in [5.74, 6) is -0.202. The summed E-state index contributed by atoms with van der Waals surface area (Å²) in [5, 5.41) is 1.07. The average Bonchev–Trinajstić information content (AvgIpc) is 3.19. The molecule has 0 saturated carbocycles. The first kappa shape index (κ1) is 21.2. The lowest BCUT2D eigenvalue weighted by atomic mass is 9.86. The molecule has 170 valence electrons. The van der Waals surface area contributed by atoms with Crippen LogP contribution in [0.25, 0.3) is 10.9 Å². The number of aromatic nitrogens is 1. The van der Waals surface area contributed by atoms with Crippen molar-refractivity contribution in [2.75, 3.05) is 20.2 Å². The van der Waals surface area contributed by atoms with Crippen LogP contribution < -0.4 is 0 Å². The molecule has 0 spiro atoms. The van der Waals surface area contributed by atoms with Gasteiger partial charge in [0.1, 0.15) is 6.04 Å². The number of amides is 2. The Morgan fingerprint density at radius 3 is 2.55 bits per heavy atom. The van der Waals surface area contributed by atoms with Crippen molar-refractivity contribution in [2.24, 2.45) is 5.92 Å². The SMILES string of the molecule is COC(=O)c1ccc(C2c3[nH]c4ccccc4c3C[C@@H]3C(=O)N(CC(C)C)CC(=O)N23)cc1. The Bertz CT molecular complexity index is 1240. The lowest BCUT2D eigenvalue weighted by Crippen LogP contribution is -2.63. The van der Waals surface area contributed by atoms with Crippen molar-refractivity contribution in [3.8, 4) is 0 Å². The van der Waals surface area contributed by atoms with Gasteiger partial charge in [-0.3, -0.25) is 9.59 Å². The number of methoxy groups -OCH3 is 1. The van der Waals surface area contributed by atoms with E-state index in [0.29, 0.717) is 18.5 Å². The van der Waals surface area contributed by atoms with Crippen molar-refractivity contribution in [3.63, 3.8) is 0 Å². The molecule has 1 aromatic heterocycles. The van der Waals surface area contributed by atoms with Crippen LogP contribution in [0.15, 0.2) is 48.5 Å². The highest BCUT2D eigenvalue weighted by Gasteiger charge is 2.48. The third-order valence-corrected chi connectivity index (χ3v) is 6.58. The zero-order valence-corrected chi connectivity index (χ0v) is 19.0. The Kier molecular flexibility index (Phi) is 5.19. The van der Waals surface area contributed by atoms with Crippen molar-refractivity contribution in [1.82, 2.24) is 14.8 Å². The Morgan fingerprint density at radius 2 is 1.85 bits per heavy atom. The molecule has 7 nitrogen and oxygen atoms in total. The largest absolute Gasteiger partial charge is 0.465 e. The van der Waals surface area contributed by atoms with Crippen molar-refractivity contribution in [3.05, 3.63) is 70.9 Å². The molecule has 3 aromatic rings. The van der Waals surface area contributed by atoms with Gasteiger partial charge in [-0.05, 0) is 35.2 Å². The fourth-order valence-electron chi connectivity index (χ4n) is 5.18. The second kappa shape index (κ2) is 8.06. The topological polar surface area (TPSA) is 82.7 Å². The normalized spacial score (nSPS) is 20.2. The van der Waals surface area contributed by atoms with E-state index in [-0.39, 0.29) is 24.3 Å². The third kappa shape index (κ3) is 3.48. The maximum atomic E-state index is 13.5. The summed E-state index contributed by atoms with van der Waals surface area (Å²) in [6.45, 7) is 4.75. The molecule has 0 aliphatic carbocycles. The maximum absolute atomic E-state index is 13.5. The standard InChI is InChI=1S/C26H27N3O4/c1-15(2)13-28-14-22(30)29-21(25(28)31)12-19-18-6-4-5-7-20(18)27-23(19)24(29)16-8-10-17(11-9-16)26(32)33-3/h4-11,15,21,24,27H,12-14H2,1-3H3/t21-,24?/m1/s1. The monoisotopic (exact) mass is 445 g/mol. The molecule has 1 unspecified atom stereocenters. The first-order valence-corrected chi connectivity index (χ1v) is 11.3. The highest BCUT2D eigenvalue weighted by molar-refractivity contribution is 5.97. The second-order valence-corrected chi connectivity index (χ2v) is 9.21. The fraction of sp³-hybridized carbons (Fsp3) is 0.346. The molecule has 0 bridgehead atoms. The van der Waals surface area contributed by atoms with Crippen molar-refractivity contribution in [2.45, 2.75) is 32.4 Å². The first-order valence-electron chi connectivity index (χ1n) is 11.3. The molecule has 5 rings (SSSR count). The molecule has 2 aromatic carbocycles. The van der Waals surface area contributed by atoms with Gasteiger partial charge in [0, 0.05) is 29.6 Å². The lowest BCUT2D eigenvalue weighted by Gasteiger charge is -2.47. The predicted octanol–water partition coefficient (Wildman–Crippen LogP) is 3.30. The molecule has 33 heavy (non-hydrogen) atoms. The molecule has 7 heteroatoms. The molecular weight excluding hydrogens is 418 g/mol. The van der Waals surface area contributed by atoms with Crippen LogP contribution in [-0.4, -0.2) is 58.8 Å². The number of H-pyrrole nitrogens is 1. The van der Waals surface area contributed by atoms with Crippen LogP contribution in [0.5, 0.6) is 0 Å². The number of piperazine rings is 1. The number of ether oxygens (including phenoxy) is 1. The van der Waals surface area contributed by atoms with Crippen LogP contribution in [0.3, 0.4) is 0 Å². The number of hydrogen-bond donors (Lipinski definition) is 1. The van der Waals surface area contributed by atoms with Gasteiger partial charge in [-0.1, -0.05) is 44.2 Å². The number of carbonyl (C=O) groups excluding carboxylic acids is 3. The number of benzene rings is 2. The van der Waals surface area contributed by atoms with Gasteiger partial charge >= 0.3 is 5.97 Å². The van der Waals surface area contributed by atoms with E-state index in [0.717, 1.165) is 27.7 Å². The van der Waals surface area contributed by atoms with E-state index in [4.69, 9.17) is 4.74 Å². The van der Waals surface area contributed by atoms with Gasteiger partial charge in [0.25, 0.3) is 0 Å². The molecule has 3 heterocycles. The summed E-state index contributed by atoms with van der Waals surface area (Å²) in [4.78, 5) is 45.8. The quantitative estimate of drug-likeness (QED) is 0.625. The van der Waals surface area contributed by atoms with Gasteiger partial charge in [0.15, 0.2) is 0 Å². The summed E-state index contributed by atoms with van der Waals surface area (Å²) in [7, 11) is 1.35. The molecule has 1 N–H and O–H groups in total. The predicted molar refractivity (Wildman–Crippen MR) is 124 cm³/mol. The minimum absolute atomic E-state index is 0.00425. The minimum Gasteiger partial charge on any atom is -0.465 e. The minimum atomic E-state index is -0.554. The van der Waals surface area contributed by atoms with Crippen LogP contribution in [0, 0.1) is 5.92 Å². The van der Waals surface area contributed by atoms with Crippen LogP contribution in [-0.2, 0) is 20.7 Å². The van der Waals surface area contributed by atoms with E-state index >= 15 is 0 Å². The zero-order valence-electron chi connectivity index (χ0n) is 19.0. The van der Waals surface area contributed by atoms with Gasteiger partial charge in [-0.25, -0.2) is 4.79 Å². The molecule has 2 aliphatic rings. The van der Waals surface area contributed by atoms with E-state index in [1.807, 2.05) is 30.3 Å². The first-order chi connectivity index (χ1) is 15.9. The summed E-state index contributed by atoms with van der Waals surface area (Å²) in [6.07, 6.45) is 0.481. The molecule has 1 fully saturated rings. The number of rotatable bonds is 4. The van der Waals surface area contributed by atoms with E-state index < -0.39 is 18.1 Å². The summed E-state index contributed by atoms with van der Waals surface area (Å²) >= 11 is 0. The molecular formula is C26H27N3O4. The van der Waals surface area contributed by atoms with Crippen LogP contribution in [0.4, 0.5) is 0 Å². The number of nitrogens with zero attached hydrogens (tertiary/aromatic N) is 2. The number of aromatic amines is 1. The van der Waals surface area contributed by atoms with E-state index in [1.54, 1.807) is 21.9 Å². The number of fused-ring (bicyclic) bond motifs is 4. The molecule has 2 atom stereocenters. The van der Waals surface area contributed by atoms with Gasteiger partial charge in [-0.2, -0.15) is 0 Å². The fourth-order valence-corrected chi connectivity index (χ4v) is 5.18. The van der Waals surface area contributed by atoms with Gasteiger partial charge < -0.3 is 19.5 Å². The lowest BCUT2D eigenvalue weighted by molar-refractivity contribution is -0.159. The van der Waals surface area contributed by atoms with Crippen LogP contribution in [0.1, 0.15) is 47.1 Å². The van der Waals surface area contributed by atoms with Crippen LogP contribution >= 0.6 is 0 Å². The summed E-state index contributed by atoms with van der Waals surface area (Å²) in [6, 6.07) is 14.1. The van der Waals surface area contributed by atoms with Gasteiger partial charge in [-0.15, -0.1) is 0 Å². The summed E-state index contributed by atoms with van der Waals surface area (Å²) < 4.78 is 4.82.